The number of amides is 2. The molecule has 0 saturated carbocycles. The fourth-order valence-electron chi connectivity index (χ4n) is 3.75. The van der Waals surface area contributed by atoms with Crippen LogP contribution >= 0.6 is 0 Å². The highest BCUT2D eigenvalue weighted by Gasteiger charge is 2.15. The molecule has 0 fully saturated rings. The highest BCUT2D eigenvalue weighted by molar-refractivity contribution is 6.07. The molecular weight excluding hydrogens is 372 g/mol. The van der Waals surface area contributed by atoms with Crippen molar-refractivity contribution in [2.75, 3.05) is 21.1 Å². The van der Waals surface area contributed by atoms with E-state index in [1.165, 1.54) is 0 Å². The van der Waals surface area contributed by atoms with Crippen molar-refractivity contribution in [1.29, 1.82) is 0 Å². The topological polar surface area (TPSA) is 40.6 Å². The van der Waals surface area contributed by atoms with E-state index in [0.717, 1.165) is 27.1 Å². The second kappa shape index (κ2) is 7.99. The van der Waals surface area contributed by atoms with Crippen LogP contribution in [0.15, 0.2) is 78.9 Å². The number of carbonyl (C=O) groups is 2. The van der Waals surface area contributed by atoms with Crippen LogP contribution < -0.4 is 0 Å². The monoisotopic (exact) mass is 396 g/mol. The van der Waals surface area contributed by atoms with E-state index in [2.05, 4.69) is 6.07 Å². The summed E-state index contributed by atoms with van der Waals surface area (Å²) in [6.07, 6.45) is 0. The van der Waals surface area contributed by atoms with Crippen molar-refractivity contribution in [2.24, 2.45) is 0 Å². The Kier molecular flexibility index (Phi) is 5.23. The molecule has 0 N–H and O–H groups in total. The Morgan fingerprint density at radius 1 is 0.700 bits per heavy atom. The van der Waals surface area contributed by atoms with Gasteiger partial charge < -0.3 is 9.80 Å². The largest absolute Gasteiger partial charge is 0.345 e. The maximum Gasteiger partial charge on any atom is 0.254 e. The molecule has 0 aliphatic rings. The number of hydrogen-bond acceptors (Lipinski definition) is 2. The molecule has 0 saturated heterocycles. The van der Waals surface area contributed by atoms with E-state index < -0.39 is 0 Å². The summed E-state index contributed by atoms with van der Waals surface area (Å²) in [6, 6.07) is 25.6. The van der Waals surface area contributed by atoms with Gasteiger partial charge in [-0.3, -0.25) is 9.59 Å². The molecule has 0 spiro atoms. The molecule has 0 bridgehead atoms. The minimum absolute atomic E-state index is 0.0107. The minimum Gasteiger partial charge on any atom is -0.345 e. The van der Waals surface area contributed by atoms with Gasteiger partial charge in [-0.25, -0.2) is 0 Å². The molecule has 0 radical (unpaired) electrons. The molecule has 4 rings (SSSR count). The van der Waals surface area contributed by atoms with Crippen molar-refractivity contribution < 1.29 is 9.59 Å². The van der Waals surface area contributed by atoms with Crippen molar-refractivity contribution >= 4 is 33.4 Å². The molecule has 4 aromatic rings. The standard InChI is InChI=1S/C26H24N2O2/c1-27(2)25(29)21-14-13-19-12-11-18(15-22(19)16-21)17-28(3)26(30)24-10-6-8-20-7-4-5-9-23(20)24/h4-16H,17H2,1-3H3. The predicted octanol–water partition coefficient (Wildman–Crippen LogP) is 4.97. The molecule has 0 aliphatic heterocycles. The second-order valence-electron chi connectivity index (χ2n) is 7.78. The third kappa shape index (κ3) is 3.77. The fraction of sp³-hybridized carbons (Fsp3) is 0.154. The van der Waals surface area contributed by atoms with Crippen LogP contribution in [0.25, 0.3) is 21.5 Å². The van der Waals surface area contributed by atoms with Gasteiger partial charge in [0.25, 0.3) is 11.8 Å². The molecule has 4 aromatic carbocycles. The van der Waals surface area contributed by atoms with Crippen molar-refractivity contribution in [3.8, 4) is 0 Å². The van der Waals surface area contributed by atoms with Crippen LogP contribution in [0.3, 0.4) is 0 Å². The maximum atomic E-state index is 13.1. The minimum atomic E-state index is -0.0226. The summed E-state index contributed by atoms with van der Waals surface area (Å²) >= 11 is 0. The van der Waals surface area contributed by atoms with E-state index in [9.17, 15) is 9.59 Å². The van der Waals surface area contributed by atoms with Crippen LogP contribution in [0.4, 0.5) is 0 Å². The Labute approximate surface area is 176 Å². The lowest BCUT2D eigenvalue weighted by atomic mass is 10.0. The first kappa shape index (κ1) is 19.6. The van der Waals surface area contributed by atoms with Crippen LogP contribution in [-0.4, -0.2) is 42.8 Å². The van der Waals surface area contributed by atoms with E-state index in [4.69, 9.17) is 0 Å². The smallest absolute Gasteiger partial charge is 0.254 e. The third-order valence-corrected chi connectivity index (χ3v) is 5.34. The average Bonchev–Trinajstić information content (AvgIpc) is 2.77. The van der Waals surface area contributed by atoms with Gasteiger partial charge in [0.1, 0.15) is 0 Å². The molecule has 4 heteroatoms. The SMILES string of the molecule is CN(C)C(=O)c1ccc2ccc(CN(C)C(=O)c3cccc4ccccc34)cc2c1. The first-order valence-electron chi connectivity index (χ1n) is 9.91. The van der Waals surface area contributed by atoms with Gasteiger partial charge in [0.05, 0.1) is 0 Å². The van der Waals surface area contributed by atoms with Gasteiger partial charge in [-0.1, -0.05) is 54.6 Å². The number of nitrogens with zero attached hydrogens (tertiary/aromatic N) is 2. The van der Waals surface area contributed by atoms with Gasteiger partial charge in [0.2, 0.25) is 0 Å². The summed E-state index contributed by atoms with van der Waals surface area (Å²) in [7, 11) is 5.31. The zero-order valence-corrected chi connectivity index (χ0v) is 17.4. The molecule has 0 aromatic heterocycles. The Morgan fingerprint density at radius 3 is 2.23 bits per heavy atom. The highest BCUT2D eigenvalue weighted by atomic mass is 16.2. The lowest BCUT2D eigenvalue weighted by Gasteiger charge is -2.19. The molecule has 0 aliphatic carbocycles. The van der Waals surface area contributed by atoms with Crippen molar-refractivity contribution in [2.45, 2.75) is 6.54 Å². The van der Waals surface area contributed by atoms with Gasteiger partial charge in [-0.15, -0.1) is 0 Å². The van der Waals surface area contributed by atoms with Crippen LogP contribution in [0, 0.1) is 0 Å². The van der Waals surface area contributed by atoms with Crippen molar-refractivity contribution in [3.63, 3.8) is 0 Å². The zero-order valence-electron chi connectivity index (χ0n) is 17.4. The van der Waals surface area contributed by atoms with E-state index >= 15 is 0 Å². The third-order valence-electron chi connectivity index (χ3n) is 5.34. The number of rotatable bonds is 4. The Bertz CT molecular complexity index is 1260. The normalized spacial score (nSPS) is 10.9. The quantitative estimate of drug-likeness (QED) is 0.489. The van der Waals surface area contributed by atoms with E-state index in [1.807, 2.05) is 79.8 Å². The molecule has 2 amide bonds. The fourth-order valence-corrected chi connectivity index (χ4v) is 3.75. The summed E-state index contributed by atoms with van der Waals surface area (Å²) in [5.41, 5.74) is 2.38. The zero-order chi connectivity index (χ0) is 21.3. The van der Waals surface area contributed by atoms with Gasteiger partial charge in [0, 0.05) is 38.8 Å². The van der Waals surface area contributed by atoms with Crippen LogP contribution in [0.1, 0.15) is 26.3 Å². The van der Waals surface area contributed by atoms with E-state index in [-0.39, 0.29) is 11.8 Å². The van der Waals surface area contributed by atoms with Gasteiger partial charge >= 0.3 is 0 Å². The lowest BCUT2D eigenvalue weighted by molar-refractivity contribution is 0.0786. The van der Waals surface area contributed by atoms with Gasteiger partial charge in [-0.2, -0.15) is 0 Å². The first-order valence-corrected chi connectivity index (χ1v) is 9.91. The Hall–Kier alpha value is -3.66. The maximum absolute atomic E-state index is 13.1. The lowest BCUT2D eigenvalue weighted by Crippen LogP contribution is -2.26. The first-order chi connectivity index (χ1) is 14.4. The van der Waals surface area contributed by atoms with E-state index in [0.29, 0.717) is 17.7 Å². The molecule has 0 unspecified atom stereocenters. The summed E-state index contributed by atoms with van der Waals surface area (Å²) < 4.78 is 0. The molecule has 4 nitrogen and oxygen atoms in total. The molecule has 0 heterocycles. The average molecular weight is 396 g/mol. The molecule has 150 valence electrons. The van der Waals surface area contributed by atoms with Crippen molar-refractivity contribution in [1.82, 2.24) is 9.80 Å². The summed E-state index contributed by atoms with van der Waals surface area (Å²) in [6.45, 7) is 0.490. The van der Waals surface area contributed by atoms with Crippen molar-refractivity contribution in [3.05, 3.63) is 95.6 Å². The number of hydrogen-bond donors (Lipinski definition) is 0. The summed E-state index contributed by atoms with van der Waals surface area (Å²) in [5, 5.41) is 4.08. The predicted molar refractivity (Wildman–Crippen MR) is 122 cm³/mol. The molecular formula is C26H24N2O2. The van der Waals surface area contributed by atoms with Crippen LogP contribution in [0.2, 0.25) is 0 Å². The number of fused-ring (bicyclic) bond motifs is 2. The Balaban J connectivity index is 1.61. The summed E-state index contributed by atoms with van der Waals surface area (Å²) in [4.78, 5) is 28.7. The molecule has 30 heavy (non-hydrogen) atoms. The number of carbonyl (C=O) groups excluding carboxylic acids is 2. The van der Waals surface area contributed by atoms with Crippen LogP contribution in [-0.2, 0) is 6.54 Å². The van der Waals surface area contributed by atoms with Gasteiger partial charge in [0.15, 0.2) is 0 Å². The Morgan fingerprint density at radius 2 is 1.43 bits per heavy atom. The van der Waals surface area contributed by atoms with Crippen LogP contribution in [0.5, 0.6) is 0 Å². The highest BCUT2D eigenvalue weighted by Crippen LogP contribution is 2.22. The number of benzene rings is 4. The summed E-state index contributed by atoms with van der Waals surface area (Å²) in [5.74, 6) is -0.0333. The second-order valence-corrected chi connectivity index (χ2v) is 7.78. The molecule has 0 atom stereocenters. The van der Waals surface area contributed by atoms with E-state index in [1.54, 1.807) is 23.9 Å². The van der Waals surface area contributed by atoms with Gasteiger partial charge in [-0.05, 0) is 51.4 Å².